The molecule has 1 saturated heterocycles. The maximum Gasteiger partial charge on any atom is 0.488 e. The monoisotopic (exact) mass is 279 g/mol. The predicted molar refractivity (Wildman–Crippen MR) is 78.2 cm³/mol. The third kappa shape index (κ3) is 4.49. The fraction of sp³-hybridized carbons (Fsp3) is 0.571. The molecule has 5 nitrogen and oxygen atoms in total. The van der Waals surface area contributed by atoms with Gasteiger partial charge in [0, 0.05) is 19.6 Å². The van der Waals surface area contributed by atoms with Gasteiger partial charge in [0.25, 0.3) is 0 Å². The Morgan fingerprint density at radius 2 is 2.00 bits per heavy atom. The third-order valence-electron chi connectivity index (χ3n) is 3.36. The van der Waals surface area contributed by atoms with E-state index in [9.17, 15) is 0 Å². The molecule has 20 heavy (non-hydrogen) atoms. The minimum absolute atomic E-state index is 0.0861. The van der Waals surface area contributed by atoms with E-state index in [0.29, 0.717) is 12.1 Å². The van der Waals surface area contributed by atoms with Crippen LogP contribution in [0.5, 0.6) is 5.75 Å². The number of morpholine rings is 1. The van der Waals surface area contributed by atoms with Crippen molar-refractivity contribution in [1.29, 1.82) is 0 Å². The molecule has 0 saturated carbocycles. The molecule has 0 unspecified atom stereocenters. The van der Waals surface area contributed by atoms with Crippen LogP contribution in [0, 0.1) is 0 Å². The van der Waals surface area contributed by atoms with Crippen LogP contribution in [0.2, 0.25) is 0 Å². The topological polar surface area (TPSA) is 62.2 Å². The summed E-state index contributed by atoms with van der Waals surface area (Å²) in [5, 5.41) is 18.0. The highest BCUT2D eigenvalue weighted by molar-refractivity contribution is 6.58. The van der Waals surface area contributed by atoms with E-state index >= 15 is 0 Å². The molecule has 0 bridgehead atoms. The minimum Gasteiger partial charge on any atom is -0.492 e. The zero-order valence-electron chi connectivity index (χ0n) is 12.1. The minimum atomic E-state index is -1.43. The maximum atomic E-state index is 9.01. The van der Waals surface area contributed by atoms with E-state index in [1.807, 2.05) is 0 Å². The van der Waals surface area contributed by atoms with E-state index in [2.05, 4.69) is 18.7 Å². The summed E-state index contributed by atoms with van der Waals surface area (Å²) in [7, 11) is -1.43. The van der Waals surface area contributed by atoms with Crippen molar-refractivity contribution < 1.29 is 19.5 Å². The van der Waals surface area contributed by atoms with Gasteiger partial charge in [0.15, 0.2) is 0 Å². The highest BCUT2D eigenvalue weighted by Gasteiger charge is 2.26. The van der Waals surface area contributed by atoms with Crippen molar-refractivity contribution in [2.75, 3.05) is 32.8 Å². The summed E-state index contributed by atoms with van der Waals surface area (Å²) in [5.41, 5.74) is 0.379. The van der Waals surface area contributed by atoms with E-state index in [1.165, 1.54) is 0 Å². The van der Waals surface area contributed by atoms with Gasteiger partial charge in [0.2, 0.25) is 0 Å². The molecule has 1 heterocycles. The predicted octanol–water partition coefficient (Wildman–Crippen LogP) is -0.144. The Morgan fingerprint density at radius 3 is 2.60 bits per heavy atom. The molecule has 1 aliphatic rings. The first-order chi connectivity index (χ1) is 9.46. The number of benzene rings is 1. The number of rotatable bonds is 5. The SMILES string of the molecule is CC1(C)CN(CCOc2ccc(B(O)O)cc2)CCO1. The molecule has 0 aliphatic carbocycles. The van der Waals surface area contributed by atoms with Gasteiger partial charge in [-0.3, -0.25) is 4.90 Å². The summed E-state index contributed by atoms with van der Waals surface area (Å²) in [5.74, 6) is 0.738. The Bertz CT molecular complexity index is 422. The molecule has 1 aromatic rings. The Kier molecular flexibility index (Phi) is 5.04. The van der Waals surface area contributed by atoms with Crippen LogP contribution in [0.25, 0.3) is 0 Å². The van der Waals surface area contributed by atoms with Gasteiger partial charge in [0.05, 0.1) is 12.2 Å². The second-order valence-electron chi connectivity index (χ2n) is 5.68. The molecule has 0 spiro atoms. The van der Waals surface area contributed by atoms with Crippen molar-refractivity contribution in [2.45, 2.75) is 19.4 Å². The molecule has 1 aromatic carbocycles. The average Bonchev–Trinajstić information content (AvgIpc) is 2.38. The van der Waals surface area contributed by atoms with Gasteiger partial charge < -0.3 is 19.5 Å². The Morgan fingerprint density at radius 1 is 1.30 bits per heavy atom. The van der Waals surface area contributed by atoms with Gasteiger partial charge in [-0.2, -0.15) is 0 Å². The van der Waals surface area contributed by atoms with Crippen LogP contribution in [0.1, 0.15) is 13.8 Å². The first-order valence-corrected chi connectivity index (χ1v) is 6.91. The Labute approximate surface area is 120 Å². The molecular weight excluding hydrogens is 257 g/mol. The van der Waals surface area contributed by atoms with E-state index in [1.54, 1.807) is 24.3 Å². The van der Waals surface area contributed by atoms with Crippen LogP contribution in [-0.2, 0) is 4.74 Å². The molecule has 1 fully saturated rings. The zero-order valence-corrected chi connectivity index (χ0v) is 12.1. The molecular formula is C14H22BNO4. The summed E-state index contributed by atoms with van der Waals surface area (Å²) in [6.07, 6.45) is 0. The van der Waals surface area contributed by atoms with Crippen LogP contribution in [0.15, 0.2) is 24.3 Å². The number of hydrogen-bond acceptors (Lipinski definition) is 5. The van der Waals surface area contributed by atoms with Gasteiger partial charge in [-0.25, -0.2) is 0 Å². The molecule has 2 N–H and O–H groups in total. The fourth-order valence-electron chi connectivity index (χ4n) is 2.33. The van der Waals surface area contributed by atoms with E-state index in [0.717, 1.165) is 32.0 Å². The van der Waals surface area contributed by atoms with E-state index in [-0.39, 0.29) is 5.60 Å². The molecule has 1 aliphatic heterocycles. The molecule has 110 valence electrons. The lowest BCUT2D eigenvalue weighted by molar-refractivity contribution is -0.0875. The Balaban J connectivity index is 1.75. The molecule has 6 heteroatoms. The highest BCUT2D eigenvalue weighted by Crippen LogP contribution is 2.16. The van der Waals surface area contributed by atoms with Gasteiger partial charge in [0.1, 0.15) is 12.4 Å². The standard InChI is InChI=1S/C14H22BNO4/c1-14(2)11-16(8-10-20-14)7-9-19-13-5-3-12(4-6-13)15(17)18/h3-6,17-18H,7-11H2,1-2H3. The van der Waals surface area contributed by atoms with Gasteiger partial charge in [-0.1, -0.05) is 12.1 Å². The van der Waals surface area contributed by atoms with Gasteiger partial charge in [-0.05, 0) is 31.4 Å². The summed E-state index contributed by atoms with van der Waals surface area (Å²) in [4.78, 5) is 2.33. The quantitative estimate of drug-likeness (QED) is 0.734. The van der Waals surface area contributed by atoms with E-state index < -0.39 is 7.12 Å². The van der Waals surface area contributed by atoms with Crippen molar-refractivity contribution in [3.63, 3.8) is 0 Å². The van der Waals surface area contributed by atoms with E-state index in [4.69, 9.17) is 19.5 Å². The first-order valence-electron chi connectivity index (χ1n) is 6.91. The number of hydrogen-bond donors (Lipinski definition) is 2. The normalized spacial score (nSPS) is 18.8. The summed E-state index contributed by atoms with van der Waals surface area (Å²) >= 11 is 0. The molecule has 0 aromatic heterocycles. The summed E-state index contributed by atoms with van der Waals surface area (Å²) < 4.78 is 11.3. The highest BCUT2D eigenvalue weighted by atomic mass is 16.5. The van der Waals surface area contributed by atoms with Crippen LogP contribution in [0.4, 0.5) is 0 Å². The van der Waals surface area contributed by atoms with Gasteiger partial charge >= 0.3 is 7.12 Å². The zero-order chi connectivity index (χ0) is 14.6. The van der Waals surface area contributed by atoms with Crippen molar-refractivity contribution >= 4 is 12.6 Å². The maximum absolute atomic E-state index is 9.01. The number of ether oxygens (including phenoxy) is 2. The van der Waals surface area contributed by atoms with Crippen LogP contribution in [-0.4, -0.2) is 60.5 Å². The lowest BCUT2D eigenvalue weighted by Crippen LogP contribution is -2.49. The largest absolute Gasteiger partial charge is 0.492 e. The Hall–Kier alpha value is -1.08. The first kappa shape index (κ1) is 15.3. The average molecular weight is 279 g/mol. The van der Waals surface area contributed by atoms with Gasteiger partial charge in [-0.15, -0.1) is 0 Å². The lowest BCUT2D eigenvalue weighted by atomic mass is 9.80. The molecule has 0 radical (unpaired) electrons. The van der Waals surface area contributed by atoms with Crippen molar-refractivity contribution in [1.82, 2.24) is 4.90 Å². The fourth-order valence-corrected chi connectivity index (χ4v) is 2.33. The van der Waals surface area contributed by atoms with Crippen molar-refractivity contribution in [3.8, 4) is 5.75 Å². The smallest absolute Gasteiger partial charge is 0.488 e. The second kappa shape index (κ2) is 6.58. The summed E-state index contributed by atoms with van der Waals surface area (Å²) in [6, 6.07) is 6.80. The van der Waals surface area contributed by atoms with Crippen LogP contribution >= 0.6 is 0 Å². The van der Waals surface area contributed by atoms with Crippen molar-refractivity contribution in [2.24, 2.45) is 0 Å². The number of nitrogens with zero attached hydrogens (tertiary/aromatic N) is 1. The second-order valence-corrected chi connectivity index (χ2v) is 5.68. The molecule has 0 amide bonds. The van der Waals surface area contributed by atoms with Crippen LogP contribution in [0.3, 0.4) is 0 Å². The molecule has 0 atom stereocenters. The summed E-state index contributed by atoms with van der Waals surface area (Å²) in [6.45, 7) is 8.26. The lowest BCUT2D eigenvalue weighted by Gasteiger charge is -2.38. The molecule has 2 rings (SSSR count). The van der Waals surface area contributed by atoms with Crippen molar-refractivity contribution in [3.05, 3.63) is 24.3 Å². The third-order valence-corrected chi connectivity index (χ3v) is 3.36. The van der Waals surface area contributed by atoms with Crippen LogP contribution < -0.4 is 10.2 Å².